The molecule has 0 atom stereocenters. The Bertz CT molecular complexity index is 1300. The van der Waals surface area contributed by atoms with Crippen LogP contribution in [0.2, 0.25) is 0 Å². The fourth-order valence-electron chi connectivity index (χ4n) is 6.26. The number of hydrogen-bond donors (Lipinski definition) is 1. The first-order chi connectivity index (χ1) is 17.4. The number of carbonyl (C=O) groups excluding carboxylic acids is 1. The largest absolute Gasteiger partial charge is 0.480 e. The molecule has 2 aliphatic carbocycles. The van der Waals surface area contributed by atoms with Crippen LogP contribution < -0.4 is 0 Å². The molecule has 1 aliphatic heterocycles. The molecule has 1 saturated heterocycles. The summed E-state index contributed by atoms with van der Waals surface area (Å²) in [5.41, 5.74) is 4.80. The molecule has 0 bridgehead atoms. The van der Waals surface area contributed by atoms with E-state index in [0.29, 0.717) is 37.1 Å². The normalized spacial score (nSPS) is 18.6. The number of likely N-dealkylation sites (tertiary alicyclic amines) is 1. The summed E-state index contributed by atoms with van der Waals surface area (Å²) < 4.78 is 12.3. The number of ether oxygens (including phenoxy) is 2. The zero-order valence-electron chi connectivity index (χ0n) is 19.5. The summed E-state index contributed by atoms with van der Waals surface area (Å²) in [5.74, 6) is -0.982. The Hall–Kier alpha value is -3.23. The number of hydrogen-bond acceptors (Lipinski definition) is 5. The monoisotopic (exact) mass is 548 g/mol. The quantitative estimate of drug-likeness (QED) is 0.426. The second-order valence-corrected chi connectivity index (χ2v) is 10.8. The molecule has 0 radical (unpaired) electrons. The second-order valence-electron chi connectivity index (χ2n) is 10.0. The third-order valence-corrected chi connectivity index (χ3v) is 8.32. The van der Waals surface area contributed by atoms with Gasteiger partial charge in [0.25, 0.3) is 0 Å². The number of nitrogens with zero attached hydrogens (tertiary/aromatic N) is 2. The van der Waals surface area contributed by atoms with Crippen LogP contribution in [0.4, 0.5) is 4.79 Å². The van der Waals surface area contributed by atoms with Crippen LogP contribution in [0, 0.1) is 5.41 Å². The first-order valence-electron chi connectivity index (χ1n) is 12.0. The summed E-state index contributed by atoms with van der Waals surface area (Å²) in [6, 6.07) is 20.3. The highest BCUT2D eigenvalue weighted by Crippen LogP contribution is 2.61. The smallest absolute Gasteiger partial charge is 0.409 e. The number of aliphatic carboxylic acids is 1. The van der Waals surface area contributed by atoms with E-state index in [2.05, 4.69) is 45.2 Å². The van der Waals surface area contributed by atoms with E-state index in [0.717, 1.165) is 5.56 Å². The molecule has 8 heteroatoms. The van der Waals surface area contributed by atoms with Crippen LogP contribution in [0.3, 0.4) is 0 Å². The number of pyridine rings is 1. The lowest BCUT2D eigenvalue weighted by molar-refractivity contribution is -0.219. The SMILES string of the molecule is O=C(O)COC1(c2cccnc2Br)CC2(CN(C(=O)OCC3c4ccccc4-c4ccccc43)C2)C1. The van der Waals surface area contributed by atoms with E-state index in [4.69, 9.17) is 9.47 Å². The van der Waals surface area contributed by atoms with Gasteiger partial charge in [-0.15, -0.1) is 0 Å². The number of fused-ring (bicyclic) bond motifs is 3. The third kappa shape index (κ3) is 3.79. The van der Waals surface area contributed by atoms with Crippen LogP contribution in [-0.2, 0) is 19.9 Å². The third-order valence-electron chi connectivity index (χ3n) is 7.69. The number of carboxylic acids is 1. The van der Waals surface area contributed by atoms with Crippen molar-refractivity contribution in [1.82, 2.24) is 9.88 Å². The van der Waals surface area contributed by atoms with Crippen molar-refractivity contribution in [3.05, 3.63) is 88.2 Å². The molecule has 2 aromatic carbocycles. The maximum atomic E-state index is 12.9. The van der Waals surface area contributed by atoms with Crippen molar-refractivity contribution in [2.75, 3.05) is 26.3 Å². The van der Waals surface area contributed by atoms with Crippen molar-refractivity contribution < 1.29 is 24.2 Å². The molecule has 184 valence electrons. The molecular formula is C28H25BrN2O5. The molecule has 1 aromatic heterocycles. The second kappa shape index (κ2) is 8.71. The minimum atomic E-state index is -1.01. The van der Waals surface area contributed by atoms with Crippen molar-refractivity contribution >= 4 is 28.0 Å². The summed E-state index contributed by atoms with van der Waals surface area (Å²) in [7, 11) is 0. The lowest BCUT2D eigenvalue weighted by Crippen LogP contribution is -2.68. The Balaban J connectivity index is 1.10. The molecule has 3 aliphatic rings. The molecule has 2 heterocycles. The minimum absolute atomic E-state index is 0.0280. The van der Waals surface area contributed by atoms with Gasteiger partial charge in [0.2, 0.25) is 0 Å². The van der Waals surface area contributed by atoms with Gasteiger partial charge in [-0.05, 0) is 57.1 Å². The van der Waals surface area contributed by atoms with E-state index < -0.39 is 11.6 Å². The van der Waals surface area contributed by atoms with E-state index in [1.807, 2.05) is 36.4 Å². The fourth-order valence-corrected chi connectivity index (χ4v) is 6.87. The molecular weight excluding hydrogens is 524 g/mol. The number of rotatable bonds is 6. The molecule has 7 nitrogen and oxygen atoms in total. The van der Waals surface area contributed by atoms with Gasteiger partial charge >= 0.3 is 12.1 Å². The lowest BCUT2D eigenvalue weighted by Gasteiger charge is -2.63. The Morgan fingerprint density at radius 2 is 1.64 bits per heavy atom. The Labute approximate surface area is 217 Å². The lowest BCUT2D eigenvalue weighted by atomic mass is 9.53. The zero-order chi connectivity index (χ0) is 24.9. The Morgan fingerprint density at radius 1 is 1.00 bits per heavy atom. The fraction of sp³-hybridized carbons (Fsp3) is 0.321. The highest BCUT2D eigenvalue weighted by Gasteiger charge is 2.63. The predicted molar refractivity (Wildman–Crippen MR) is 136 cm³/mol. The van der Waals surface area contributed by atoms with Gasteiger partial charge < -0.3 is 19.5 Å². The van der Waals surface area contributed by atoms with Crippen molar-refractivity contribution in [2.24, 2.45) is 5.41 Å². The van der Waals surface area contributed by atoms with Crippen LogP contribution in [0.15, 0.2) is 71.5 Å². The summed E-state index contributed by atoms with van der Waals surface area (Å²) in [6.07, 6.45) is 2.62. The van der Waals surface area contributed by atoms with Gasteiger partial charge in [-0.1, -0.05) is 54.6 Å². The van der Waals surface area contributed by atoms with Crippen molar-refractivity contribution in [3.63, 3.8) is 0 Å². The highest BCUT2D eigenvalue weighted by atomic mass is 79.9. The van der Waals surface area contributed by atoms with Gasteiger partial charge in [-0.2, -0.15) is 0 Å². The highest BCUT2D eigenvalue weighted by molar-refractivity contribution is 9.10. The average Bonchev–Trinajstić information content (AvgIpc) is 3.15. The Morgan fingerprint density at radius 3 is 2.25 bits per heavy atom. The number of halogens is 1. The average molecular weight is 549 g/mol. The van der Waals surface area contributed by atoms with E-state index >= 15 is 0 Å². The van der Waals surface area contributed by atoms with Gasteiger partial charge in [0.05, 0.1) is 5.60 Å². The van der Waals surface area contributed by atoms with E-state index in [-0.39, 0.29) is 24.0 Å². The number of carboxylic acid groups (broad SMARTS) is 1. The molecule has 1 N–H and O–H groups in total. The maximum Gasteiger partial charge on any atom is 0.409 e. The Kier molecular flexibility index (Phi) is 5.61. The molecule has 1 spiro atoms. The number of amides is 1. The molecule has 6 rings (SSSR count). The van der Waals surface area contributed by atoms with Gasteiger partial charge in [0, 0.05) is 36.2 Å². The van der Waals surface area contributed by atoms with E-state index in [1.165, 1.54) is 22.3 Å². The molecule has 1 saturated carbocycles. The minimum Gasteiger partial charge on any atom is -0.480 e. The van der Waals surface area contributed by atoms with E-state index in [1.54, 1.807) is 11.1 Å². The van der Waals surface area contributed by atoms with Crippen molar-refractivity contribution in [3.8, 4) is 11.1 Å². The predicted octanol–water partition coefficient (Wildman–Crippen LogP) is 5.19. The van der Waals surface area contributed by atoms with Crippen LogP contribution in [-0.4, -0.2) is 53.4 Å². The molecule has 2 fully saturated rings. The number of aromatic nitrogens is 1. The van der Waals surface area contributed by atoms with Gasteiger partial charge in [0.1, 0.15) is 17.8 Å². The molecule has 0 unspecified atom stereocenters. The first kappa shape index (κ1) is 23.2. The first-order valence-corrected chi connectivity index (χ1v) is 12.8. The van der Waals surface area contributed by atoms with E-state index in [9.17, 15) is 14.7 Å². The number of benzene rings is 2. The summed E-state index contributed by atoms with van der Waals surface area (Å²) in [4.78, 5) is 30.1. The van der Waals surface area contributed by atoms with Crippen molar-refractivity contribution in [1.29, 1.82) is 0 Å². The summed E-state index contributed by atoms with van der Waals surface area (Å²) in [6.45, 7) is 1.05. The summed E-state index contributed by atoms with van der Waals surface area (Å²) >= 11 is 3.48. The number of carbonyl (C=O) groups is 2. The summed E-state index contributed by atoms with van der Waals surface area (Å²) in [5, 5.41) is 9.18. The molecule has 3 aromatic rings. The van der Waals surface area contributed by atoms with Crippen LogP contribution >= 0.6 is 15.9 Å². The molecule has 36 heavy (non-hydrogen) atoms. The van der Waals surface area contributed by atoms with Gasteiger partial charge in [0.15, 0.2) is 0 Å². The topological polar surface area (TPSA) is 89.0 Å². The van der Waals surface area contributed by atoms with Crippen molar-refractivity contribution in [2.45, 2.75) is 24.4 Å². The maximum absolute atomic E-state index is 12.9. The standard InChI is InChI=1S/C28H25BrN2O5/c29-25-23(10-5-11-30-25)28(36-13-24(32)33)14-27(15-28)16-31(17-27)26(34)35-12-22-20-8-3-1-6-18(20)19-7-2-4-9-21(19)22/h1-11,22H,12-17H2,(H,32,33). The van der Waals surface area contributed by atoms with Gasteiger partial charge in [-0.25, -0.2) is 14.6 Å². The van der Waals surface area contributed by atoms with Gasteiger partial charge in [-0.3, -0.25) is 0 Å². The van der Waals surface area contributed by atoms with Crippen LogP contribution in [0.25, 0.3) is 11.1 Å². The molecule has 1 amide bonds. The zero-order valence-corrected chi connectivity index (χ0v) is 21.1. The van der Waals surface area contributed by atoms with Crippen LogP contribution in [0.5, 0.6) is 0 Å². The van der Waals surface area contributed by atoms with Crippen LogP contribution in [0.1, 0.15) is 35.4 Å².